The van der Waals surface area contributed by atoms with E-state index in [-0.39, 0.29) is 5.82 Å². The van der Waals surface area contributed by atoms with Crippen molar-refractivity contribution < 1.29 is 4.39 Å². The van der Waals surface area contributed by atoms with Crippen molar-refractivity contribution in [3.05, 3.63) is 28.5 Å². The topological polar surface area (TPSA) is 6.48 Å². The zero-order valence-corrected chi connectivity index (χ0v) is 12.0. The van der Waals surface area contributed by atoms with E-state index in [1.165, 1.54) is 0 Å². The molecule has 0 amide bonds. The first kappa shape index (κ1) is 12.8. The Morgan fingerprint density at radius 1 is 1.24 bits per heavy atom. The molecule has 0 saturated carbocycles. The molecule has 2 rings (SSSR count). The first-order valence-electron chi connectivity index (χ1n) is 5.91. The van der Waals surface area contributed by atoms with Gasteiger partial charge in [0, 0.05) is 30.9 Å². The van der Waals surface area contributed by atoms with Crippen LogP contribution >= 0.6 is 15.9 Å². The molecule has 0 unspecified atom stereocenters. The summed E-state index contributed by atoms with van der Waals surface area (Å²) in [6.45, 7) is 6.31. The molecule has 0 aliphatic carbocycles. The van der Waals surface area contributed by atoms with Crippen molar-refractivity contribution in [3.8, 4) is 0 Å². The third-order valence-electron chi connectivity index (χ3n) is 3.63. The molecular weight excluding hydrogens is 283 g/mol. The quantitative estimate of drug-likeness (QED) is 0.786. The molecule has 0 aromatic heterocycles. The molecule has 0 bridgehead atoms. The molecule has 0 radical (unpaired) electrons. The highest BCUT2D eigenvalue weighted by Gasteiger charge is 2.26. The van der Waals surface area contributed by atoms with Crippen LogP contribution in [0, 0.1) is 5.82 Å². The second-order valence-corrected chi connectivity index (χ2v) is 5.72. The zero-order valence-electron chi connectivity index (χ0n) is 10.5. The van der Waals surface area contributed by atoms with Crippen LogP contribution < -0.4 is 4.90 Å². The van der Waals surface area contributed by atoms with Gasteiger partial charge in [-0.25, -0.2) is 4.39 Å². The van der Waals surface area contributed by atoms with Crippen molar-refractivity contribution in [2.75, 3.05) is 25.0 Å². The molecule has 0 spiro atoms. The first-order valence-corrected chi connectivity index (χ1v) is 6.70. The summed E-state index contributed by atoms with van der Waals surface area (Å²) < 4.78 is 14.0. The van der Waals surface area contributed by atoms with Crippen LogP contribution in [0.25, 0.3) is 0 Å². The predicted molar refractivity (Wildman–Crippen MR) is 73.0 cm³/mol. The molecule has 1 aromatic carbocycles. The Morgan fingerprint density at radius 2 is 1.82 bits per heavy atom. The van der Waals surface area contributed by atoms with Crippen LogP contribution in [-0.2, 0) is 0 Å². The van der Waals surface area contributed by atoms with Gasteiger partial charge in [-0.1, -0.05) is 0 Å². The number of piperazine rings is 1. The number of hydrogen-bond acceptors (Lipinski definition) is 2. The van der Waals surface area contributed by atoms with Gasteiger partial charge in [0.25, 0.3) is 0 Å². The summed E-state index contributed by atoms with van der Waals surface area (Å²) in [5.74, 6) is -0.193. The van der Waals surface area contributed by atoms with Gasteiger partial charge >= 0.3 is 0 Å². The fourth-order valence-electron chi connectivity index (χ4n) is 2.30. The number of hydrogen-bond donors (Lipinski definition) is 0. The Balaban J connectivity index is 2.20. The average Bonchev–Trinajstić information content (AvgIpc) is 2.29. The van der Waals surface area contributed by atoms with E-state index in [4.69, 9.17) is 0 Å². The number of anilines is 1. The number of benzene rings is 1. The minimum atomic E-state index is -0.193. The van der Waals surface area contributed by atoms with E-state index in [0.717, 1.165) is 18.8 Å². The summed E-state index contributed by atoms with van der Waals surface area (Å²) in [6, 6.07) is 6.33. The van der Waals surface area contributed by atoms with E-state index in [0.29, 0.717) is 16.6 Å². The Kier molecular flexibility index (Phi) is 3.73. The van der Waals surface area contributed by atoms with Crippen LogP contribution in [0.5, 0.6) is 0 Å². The molecule has 0 N–H and O–H groups in total. The summed E-state index contributed by atoms with van der Waals surface area (Å²) in [7, 11) is 2.15. The minimum absolute atomic E-state index is 0.193. The number of rotatable bonds is 1. The lowest BCUT2D eigenvalue weighted by Crippen LogP contribution is -2.55. The Labute approximate surface area is 111 Å². The van der Waals surface area contributed by atoms with E-state index in [2.05, 4.69) is 46.6 Å². The van der Waals surface area contributed by atoms with Crippen LogP contribution in [0.3, 0.4) is 0 Å². The maximum absolute atomic E-state index is 13.5. The van der Waals surface area contributed by atoms with Crippen LogP contribution in [0.15, 0.2) is 22.7 Å². The second-order valence-electron chi connectivity index (χ2n) is 4.87. The molecular formula is C13H18BrFN2. The van der Waals surface area contributed by atoms with E-state index < -0.39 is 0 Å². The maximum Gasteiger partial charge on any atom is 0.139 e. The lowest BCUT2D eigenvalue weighted by molar-refractivity contribution is 0.170. The van der Waals surface area contributed by atoms with E-state index >= 15 is 0 Å². The molecule has 17 heavy (non-hydrogen) atoms. The molecule has 1 aromatic rings. The highest BCUT2D eigenvalue weighted by atomic mass is 79.9. The van der Waals surface area contributed by atoms with Crippen molar-refractivity contribution >= 4 is 21.6 Å². The summed E-state index contributed by atoms with van der Waals surface area (Å²) >= 11 is 3.18. The Morgan fingerprint density at radius 3 is 2.35 bits per heavy atom. The normalized spacial score (nSPS) is 26.3. The van der Waals surface area contributed by atoms with Crippen molar-refractivity contribution in [3.63, 3.8) is 0 Å². The van der Waals surface area contributed by atoms with Gasteiger partial charge in [-0.2, -0.15) is 0 Å². The fourth-order valence-corrected chi connectivity index (χ4v) is 2.54. The highest BCUT2D eigenvalue weighted by molar-refractivity contribution is 9.10. The third kappa shape index (κ3) is 2.63. The zero-order chi connectivity index (χ0) is 12.6. The van der Waals surface area contributed by atoms with Gasteiger partial charge in [0.1, 0.15) is 5.82 Å². The average molecular weight is 301 g/mol. The van der Waals surface area contributed by atoms with Gasteiger partial charge < -0.3 is 4.90 Å². The molecule has 1 aliphatic heterocycles. The van der Waals surface area contributed by atoms with Gasteiger partial charge in [-0.05, 0) is 55.0 Å². The van der Waals surface area contributed by atoms with Crippen LogP contribution in [-0.4, -0.2) is 37.1 Å². The predicted octanol–water partition coefficient (Wildman–Crippen LogP) is 3.12. The van der Waals surface area contributed by atoms with Gasteiger partial charge in [-0.15, -0.1) is 0 Å². The third-order valence-corrected chi connectivity index (χ3v) is 4.27. The lowest BCUT2D eigenvalue weighted by atomic mass is 10.1. The molecule has 1 aliphatic rings. The minimum Gasteiger partial charge on any atom is -0.368 e. The van der Waals surface area contributed by atoms with Gasteiger partial charge in [-0.3, -0.25) is 4.90 Å². The van der Waals surface area contributed by atoms with E-state index in [9.17, 15) is 4.39 Å². The van der Waals surface area contributed by atoms with E-state index in [1.54, 1.807) is 12.1 Å². The highest BCUT2D eigenvalue weighted by Crippen LogP contribution is 2.25. The summed E-state index contributed by atoms with van der Waals surface area (Å²) in [5.41, 5.74) is 0.970. The smallest absolute Gasteiger partial charge is 0.139 e. The largest absolute Gasteiger partial charge is 0.368 e. The SMILES string of the molecule is C[C@@H]1CN(c2ccc(Br)c(F)c2)C[C@H](C)N1C. The Bertz CT molecular complexity index is 398. The van der Waals surface area contributed by atoms with Crippen molar-refractivity contribution in [1.29, 1.82) is 0 Å². The first-order chi connectivity index (χ1) is 7.99. The number of halogens is 2. The van der Waals surface area contributed by atoms with Crippen LogP contribution in [0.2, 0.25) is 0 Å². The van der Waals surface area contributed by atoms with Gasteiger partial charge in [0.2, 0.25) is 0 Å². The van der Waals surface area contributed by atoms with E-state index in [1.807, 2.05) is 6.07 Å². The monoisotopic (exact) mass is 300 g/mol. The van der Waals surface area contributed by atoms with Crippen molar-refractivity contribution in [2.45, 2.75) is 25.9 Å². The molecule has 1 heterocycles. The van der Waals surface area contributed by atoms with Crippen molar-refractivity contribution in [2.24, 2.45) is 0 Å². The Hall–Kier alpha value is -0.610. The number of nitrogens with zero attached hydrogens (tertiary/aromatic N) is 2. The summed E-state index contributed by atoms with van der Waals surface area (Å²) in [6.07, 6.45) is 0. The summed E-state index contributed by atoms with van der Waals surface area (Å²) in [5, 5.41) is 0. The van der Waals surface area contributed by atoms with Crippen LogP contribution in [0.1, 0.15) is 13.8 Å². The standard InChI is InChI=1S/C13H18BrFN2/c1-9-7-17(8-10(2)16(9)3)11-4-5-12(14)13(15)6-11/h4-6,9-10H,7-8H2,1-3H3/t9-,10+. The summed E-state index contributed by atoms with van der Waals surface area (Å²) in [4.78, 5) is 4.62. The lowest BCUT2D eigenvalue weighted by Gasteiger charge is -2.43. The maximum atomic E-state index is 13.5. The fraction of sp³-hybridized carbons (Fsp3) is 0.538. The molecule has 2 nitrogen and oxygen atoms in total. The van der Waals surface area contributed by atoms with Gasteiger partial charge in [0.05, 0.1) is 4.47 Å². The molecule has 1 saturated heterocycles. The van der Waals surface area contributed by atoms with Crippen LogP contribution in [0.4, 0.5) is 10.1 Å². The molecule has 1 fully saturated rings. The van der Waals surface area contributed by atoms with Crippen molar-refractivity contribution in [1.82, 2.24) is 4.90 Å². The number of likely N-dealkylation sites (N-methyl/N-ethyl adjacent to an activating group) is 1. The molecule has 94 valence electrons. The molecule has 4 heteroatoms. The second kappa shape index (κ2) is 4.94. The van der Waals surface area contributed by atoms with Gasteiger partial charge in [0.15, 0.2) is 0 Å². The molecule has 2 atom stereocenters.